The summed E-state index contributed by atoms with van der Waals surface area (Å²) in [6, 6.07) is 0.586. The molecule has 0 spiro atoms. The summed E-state index contributed by atoms with van der Waals surface area (Å²) < 4.78 is 0. The van der Waals surface area contributed by atoms with Crippen molar-refractivity contribution in [2.24, 2.45) is 5.41 Å². The molecule has 1 saturated carbocycles. The van der Waals surface area contributed by atoms with Crippen LogP contribution in [0.5, 0.6) is 0 Å². The molecule has 1 heterocycles. The molecule has 1 aliphatic rings. The fourth-order valence-corrected chi connectivity index (χ4v) is 3.84. The van der Waals surface area contributed by atoms with Gasteiger partial charge in [0.2, 0.25) is 0 Å². The molecule has 1 aliphatic carbocycles. The number of hydrogen-bond donors (Lipinski definition) is 2. The maximum Gasteiger partial charge on any atom is 0.183 e. The molecular formula is C11H20N4S. The summed E-state index contributed by atoms with van der Waals surface area (Å²) in [5, 5.41) is 11.8. The topological polar surface area (TPSA) is 53.6 Å². The summed E-state index contributed by atoms with van der Waals surface area (Å²) in [6.07, 6.45) is 5.34. The van der Waals surface area contributed by atoms with Crippen molar-refractivity contribution in [1.82, 2.24) is 20.5 Å². The van der Waals surface area contributed by atoms with Gasteiger partial charge in [0.25, 0.3) is 0 Å². The van der Waals surface area contributed by atoms with E-state index in [4.69, 9.17) is 0 Å². The second-order valence-electron chi connectivity index (χ2n) is 5.25. The predicted octanol–water partition coefficient (Wildman–Crippen LogP) is 2.06. The van der Waals surface area contributed by atoms with Crippen LogP contribution in [0.15, 0.2) is 11.5 Å². The van der Waals surface area contributed by atoms with Crippen LogP contribution in [0, 0.1) is 5.41 Å². The fraction of sp³-hybridized carbons (Fsp3) is 0.818. The highest BCUT2D eigenvalue weighted by molar-refractivity contribution is 7.99. The summed E-state index contributed by atoms with van der Waals surface area (Å²) in [6.45, 7) is 4.71. The van der Waals surface area contributed by atoms with Gasteiger partial charge < -0.3 is 5.32 Å². The summed E-state index contributed by atoms with van der Waals surface area (Å²) in [5.41, 5.74) is 0.449. The maximum atomic E-state index is 4.20. The summed E-state index contributed by atoms with van der Waals surface area (Å²) in [4.78, 5) is 4.20. The second-order valence-corrected chi connectivity index (χ2v) is 6.48. The van der Waals surface area contributed by atoms with Gasteiger partial charge in [0.05, 0.1) is 0 Å². The number of nitrogens with zero attached hydrogens (tertiary/aromatic N) is 2. The van der Waals surface area contributed by atoms with Gasteiger partial charge in [-0.3, -0.25) is 5.10 Å². The van der Waals surface area contributed by atoms with E-state index in [2.05, 4.69) is 41.4 Å². The lowest BCUT2D eigenvalue weighted by atomic mass is 9.75. The van der Waals surface area contributed by atoms with Gasteiger partial charge in [0.1, 0.15) is 6.33 Å². The van der Waals surface area contributed by atoms with Gasteiger partial charge in [-0.15, -0.1) is 0 Å². The Morgan fingerprint density at radius 2 is 2.38 bits per heavy atom. The normalized spacial score (nSPS) is 29.2. The van der Waals surface area contributed by atoms with E-state index in [9.17, 15) is 0 Å². The lowest BCUT2D eigenvalue weighted by Gasteiger charge is -2.39. The first kappa shape index (κ1) is 11.9. The van der Waals surface area contributed by atoms with Crippen molar-refractivity contribution in [3.05, 3.63) is 6.33 Å². The molecule has 0 radical (unpaired) electrons. The quantitative estimate of drug-likeness (QED) is 0.849. The van der Waals surface area contributed by atoms with Gasteiger partial charge in [-0.2, -0.15) is 5.10 Å². The van der Waals surface area contributed by atoms with Crippen LogP contribution in [-0.4, -0.2) is 33.5 Å². The zero-order chi connectivity index (χ0) is 11.6. The number of thioether (sulfide) groups is 1. The van der Waals surface area contributed by atoms with E-state index in [0.717, 1.165) is 5.16 Å². The van der Waals surface area contributed by atoms with Crippen LogP contribution in [0.25, 0.3) is 0 Å². The van der Waals surface area contributed by atoms with Crippen LogP contribution < -0.4 is 5.32 Å². The molecule has 0 aromatic carbocycles. The molecular weight excluding hydrogens is 220 g/mol. The molecule has 2 unspecified atom stereocenters. The molecule has 2 atom stereocenters. The first-order valence-electron chi connectivity index (χ1n) is 5.80. The zero-order valence-corrected chi connectivity index (χ0v) is 11.0. The minimum atomic E-state index is 0.449. The van der Waals surface area contributed by atoms with Crippen molar-refractivity contribution in [1.29, 1.82) is 0 Å². The lowest BCUT2D eigenvalue weighted by Crippen LogP contribution is -2.43. The second kappa shape index (κ2) is 4.75. The van der Waals surface area contributed by atoms with Gasteiger partial charge in [0, 0.05) is 11.3 Å². The molecule has 2 N–H and O–H groups in total. The smallest absolute Gasteiger partial charge is 0.183 e. The molecule has 2 rings (SSSR count). The van der Waals surface area contributed by atoms with Crippen molar-refractivity contribution in [3.8, 4) is 0 Å². The van der Waals surface area contributed by atoms with E-state index in [-0.39, 0.29) is 0 Å². The van der Waals surface area contributed by atoms with E-state index >= 15 is 0 Å². The van der Waals surface area contributed by atoms with E-state index in [1.165, 1.54) is 19.3 Å². The van der Waals surface area contributed by atoms with Gasteiger partial charge >= 0.3 is 0 Å². The standard InChI is InChI=1S/C11H20N4S/c1-11(2)5-4-8(12-3)9(6-11)16-10-13-7-14-15-10/h7-9,12H,4-6H2,1-3H3,(H,13,14,15). The first-order valence-corrected chi connectivity index (χ1v) is 6.68. The molecule has 0 aliphatic heterocycles. The summed E-state index contributed by atoms with van der Waals surface area (Å²) in [5.74, 6) is 0. The first-order chi connectivity index (χ1) is 7.61. The number of hydrogen-bond acceptors (Lipinski definition) is 4. The number of aromatic amines is 1. The Morgan fingerprint density at radius 3 is 3.00 bits per heavy atom. The highest BCUT2D eigenvalue weighted by atomic mass is 32.2. The SMILES string of the molecule is CNC1CCC(C)(C)CC1Sc1ncn[nH]1. The largest absolute Gasteiger partial charge is 0.316 e. The molecule has 90 valence electrons. The fourth-order valence-electron chi connectivity index (χ4n) is 2.37. The minimum Gasteiger partial charge on any atom is -0.316 e. The third-order valence-corrected chi connectivity index (χ3v) is 4.58. The van der Waals surface area contributed by atoms with E-state index < -0.39 is 0 Å². The van der Waals surface area contributed by atoms with Gasteiger partial charge in [-0.25, -0.2) is 4.98 Å². The van der Waals surface area contributed by atoms with Crippen LogP contribution in [0.4, 0.5) is 0 Å². The summed E-state index contributed by atoms with van der Waals surface area (Å²) in [7, 11) is 2.05. The van der Waals surface area contributed by atoms with Crippen LogP contribution >= 0.6 is 11.8 Å². The highest BCUT2D eigenvalue weighted by Crippen LogP contribution is 2.41. The highest BCUT2D eigenvalue weighted by Gasteiger charge is 2.35. The van der Waals surface area contributed by atoms with Crippen LogP contribution in [0.2, 0.25) is 0 Å². The third-order valence-electron chi connectivity index (χ3n) is 3.36. The molecule has 1 fully saturated rings. The predicted molar refractivity (Wildman–Crippen MR) is 66.5 cm³/mol. The third kappa shape index (κ3) is 2.77. The zero-order valence-electron chi connectivity index (χ0n) is 10.2. The Balaban J connectivity index is 2.03. The van der Waals surface area contributed by atoms with Crippen molar-refractivity contribution in [2.75, 3.05) is 7.05 Å². The Labute approximate surface area is 101 Å². The molecule has 16 heavy (non-hydrogen) atoms. The van der Waals surface area contributed by atoms with Gasteiger partial charge in [-0.1, -0.05) is 25.6 Å². The van der Waals surface area contributed by atoms with Crippen LogP contribution in [0.3, 0.4) is 0 Å². The Bertz CT molecular complexity index is 323. The molecule has 5 heteroatoms. The van der Waals surface area contributed by atoms with E-state index in [1.54, 1.807) is 6.33 Å². The number of rotatable bonds is 3. The number of aromatic nitrogens is 3. The number of nitrogens with one attached hydrogen (secondary N) is 2. The minimum absolute atomic E-state index is 0.449. The Morgan fingerprint density at radius 1 is 1.56 bits per heavy atom. The monoisotopic (exact) mass is 240 g/mol. The van der Waals surface area contributed by atoms with E-state index in [1.807, 2.05) is 11.8 Å². The summed E-state index contributed by atoms with van der Waals surface area (Å²) >= 11 is 1.81. The van der Waals surface area contributed by atoms with Gasteiger partial charge in [-0.05, 0) is 31.7 Å². The van der Waals surface area contributed by atoms with Crippen LogP contribution in [-0.2, 0) is 0 Å². The molecule has 1 aromatic heterocycles. The average Bonchev–Trinajstić information content (AvgIpc) is 2.70. The van der Waals surface area contributed by atoms with Crippen molar-refractivity contribution in [2.45, 2.75) is 49.6 Å². The molecule has 0 amide bonds. The lowest BCUT2D eigenvalue weighted by molar-refractivity contribution is 0.218. The Kier molecular flexibility index (Phi) is 3.54. The molecule has 0 saturated heterocycles. The molecule has 0 bridgehead atoms. The molecule has 1 aromatic rings. The average molecular weight is 240 g/mol. The van der Waals surface area contributed by atoms with Crippen LogP contribution in [0.1, 0.15) is 33.1 Å². The molecule has 4 nitrogen and oxygen atoms in total. The number of H-pyrrole nitrogens is 1. The van der Waals surface area contributed by atoms with E-state index in [0.29, 0.717) is 16.7 Å². The maximum absolute atomic E-state index is 4.20. The van der Waals surface area contributed by atoms with Crippen molar-refractivity contribution in [3.63, 3.8) is 0 Å². The van der Waals surface area contributed by atoms with Crippen molar-refractivity contribution < 1.29 is 0 Å². The Hall–Kier alpha value is -0.550. The van der Waals surface area contributed by atoms with Crippen molar-refractivity contribution >= 4 is 11.8 Å². The van der Waals surface area contributed by atoms with Gasteiger partial charge in [0.15, 0.2) is 5.16 Å².